The van der Waals surface area contributed by atoms with Crippen LogP contribution in [0.5, 0.6) is 0 Å². The van der Waals surface area contributed by atoms with Gasteiger partial charge in [0.25, 0.3) is 0 Å². The van der Waals surface area contributed by atoms with Crippen LogP contribution in [0, 0.1) is 5.82 Å². The summed E-state index contributed by atoms with van der Waals surface area (Å²) in [7, 11) is -3.69. The minimum Gasteiger partial charge on any atom is -0.293 e. The van der Waals surface area contributed by atoms with Crippen molar-refractivity contribution in [3.63, 3.8) is 0 Å². The maximum absolute atomic E-state index is 12.9. The molecule has 0 saturated heterocycles. The van der Waals surface area contributed by atoms with Crippen molar-refractivity contribution in [3.8, 4) is 0 Å². The number of carbonyl (C=O) groups excluding carboxylic acids is 1. The molecular formula is C17H24FNO3S. The van der Waals surface area contributed by atoms with E-state index in [1.165, 1.54) is 28.6 Å². The second kappa shape index (κ2) is 7.53. The molecule has 0 radical (unpaired) electrons. The summed E-state index contributed by atoms with van der Waals surface area (Å²) in [5, 5.41) is 0. The topological polar surface area (TPSA) is 54.5 Å². The van der Waals surface area contributed by atoms with Crippen molar-refractivity contribution >= 4 is 15.8 Å². The summed E-state index contributed by atoms with van der Waals surface area (Å²) in [6, 6.07) is 4.79. The van der Waals surface area contributed by atoms with Crippen molar-refractivity contribution in [1.29, 1.82) is 0 Å². The molecular weight excluding hydrogens is 317 g/mol. The summed E-state index contributed by atoms with van der Waals surface area (Å²) in [5.41, 5.74) is 0.224. The van der Waals surface area contributed by atoms with E-state index in [-0.39, 0.29) is 17.6 Å². The van der Waals surface area contributed by atoms with E-state index in [0.29, 0.717) is 0 Å². The molecule has 23 heavy (non-hydrogen) atoms. The molecule has 2 rings (SSSR count). The SMILES string of the molecule is CC(C)N(C1CCCCC1)S(=O)(=O)CC(=O)c1ccc(F)cc1. The van der Waals surface area contributed by atoms with Crippen LogP contribution in [0.2, 0.25) is 0 Å². The summed E-state index contributed by atoms with van der Waals surface area (Å²) in [4.78, 5) is 12.3. The highest BCUT2D eigenvalue weighted by Crippen LogP contribution is 2.27. The zero-order valence-corrected chi connectivity index (χ0v) is 14.5. The van der Waals surface area contributed by atoms with E-state index in [9.17, 15) is 17.6 Å². The summed E-state index contributed by atoms with van der Waals surface area (Å²) in [6.45, 7) is 3.68. The van der Waals surface area contributed by atoms with Gasteiger partial charge in [0, 0.05) is 17.6 Å². The number of ketones is 1. The Morgan fingerprint density at radius 1 is 1.17 bits per heavy atom. The first kappa shape index (κ1) is 18.1. The Balaban J connectivity index is 2.17. The maximum atomic E-state index is 12.9. The first-order valence-corrected chi connectivity index (χ1v) is 9.72. The molecule has 128 valence electrons. The van der Waals surface area contributed by atoms with Crippen molar-refractivity contribution in [2.75, 3.05) is 5.75 Å². The van der Waals surface area contributed by atoms with Gasteiger partial charge in [0.05, 0.1) is 0 Å². The fraction of sp³-hybridized carbons (Fsp3) is 0.588. The minimum atomic E-state index is -3.69. The van der Waals surface area contributed by atoms with Gasteiger partial charge in [0.2, 0.25) is 10.0 Å². The molecule has 1 fully saturated rings. The Kier molecular flexibility index (Phi) is 5.92. The van der Waals surface area contributed by atoms with E-state index < -0.39 is 27.4 Å². The zero-order valence-electron chi connectivity index (χ0n) is 13.7. The number of benzene rings is 1. The Hall–Kier alpha value is -1.27. The van der Waals surface area contributed by atoms with Crippen LogP contribution in [0.1, 0.15) is 56.3 Å². The van der Waals surface area contributed by atoms with Gasteiger partial charge in [0.1, 0.15) is 11.6 Å². The Morgan fingerprint density at radius 3 is 2.26 bits per heavy atom. The lowest BCUT2D eigenvalue weighted by molar-refractivity contribution is 0.101. The van der Waals surface area contributed by atoms with E-state index in [1.807, 2.05) is 13.8 Å². The zero-order chi connectivity index (χ0) is 17.0. The van der Waals surface area contributed by atoms with E-state index in [1.54, 1.807) is 0 Å². The fourth-order valence-electron chi connectivity index (χ4n) is 3.26. The van der Waals surface area contributed by atoms with E-state index >= 15 is 0 Å². The number of rotatable bonds is 6. The number of nitrogens with zero attached hydrogens (tertiary/aromatic N) is 1. The van der Waals surface area contributed by atoms with Gasteiger partial charge in [-0.1, -0.05) is 19.3 Å². The highest BCUT2D eigenvalue weighted by molar-refractivity contribution is 7.89. The quantitative estimate of drug-likeness (QED) is 0.745. The van der Waals surface area contributed by atoms with Crippen molar-refractivity contribution in [3.05, 3.63) is 35.6 Å². The molecule has 0 bridgehead atoms. The summed E-state index contributed by atoms with van der Waals surface area (Å²) < 4.78 is 39.9. The highest BCUT2D eigenvalue weighted by atomic mass is 32.2. The van der Waals surface area contributed by atoms with E-state index in [2.05, 4.69) is 0 Å². The second-order valence-electron chi connectivity index (χ2n) is 6.40. The van der Waals surface area contributed by atoms with Gasteiger partial charge in [-0.15, -0.1) is 0 Å². The van der Waals surface area contributed by atoms with Crippen molar-refractivity contribution in [2.24, 2.45) is 0 Å². The first-order valence-electron chi connectivity index (χ1n) is 8.11. The third-order valence-corrected chi connectivity index (χ3v) is 6.23. The summed E-state index contributed by atoms with van der Waals surface area (Å²) in [6.07, 6.45) is 4.88. The highest BCUT2D eigenvalue weighted by Gasteiger charge is 2.34. The van der Waals surface area contributed by atoms with Crippen LogP contribution in [-0.4, -0.2) is 36.3 Å². The molecule has 1 aromatic carbocycles. The lowest BCUT2D eigenvalue weighted by atomic mass is 9.95. The molecule has 4 nitrogen and oxygen atoms in total. The fourth-order valence-corrected chi connectivity index (χ4v) is 5.22. The van der Waals surface area contributed by atoms with E-state index in [4.69, 9.17) is 0 Å². The molecule has 0 spiro atoms. The lowest BCUT2D eigenvalue weighted by Crippen LogP contribution is -2.47. The third kappa shape index (κ3) is 4.61. The molecule has 1 aromatic rings. The number of hydrogen-bond donors (Lipinski definition) is 0. The van der Waals surface area contributed by atoms with Crippen LogP contribution in [0.15, 0.2) is 24.3 Å². The molecule has 0 N–H and O–H groups in total. The standard InChI is InChI=1S/C17H24FNO3S/c1-13(2)19(16-6-4-3-5-7-16)23(21,22)12-17(20)14-8-10-15(18)11-9-14/h8-11,13,16H,3-7,12H2,1-2H3. The molecule has 1 aliphatic carbocycles. The molecule has 0 aliphatic heterocycles. The maximum Gasteiger partial charge on any atom is 0.222 e. The van der Waals surface area contributed by atoms with Crippen molar-refractivity contribution in [2.45, 2.75) is 58.0 Å². The third-order valence-electron chi connectivity index (χ3n) is 4.24. The molecule has 0 aromatic heterocycles. The van der Waals surface area contributed by atoms with Crippen LogP contribution in [0.25, 0.3) is 0 Å². The Morgan fingerprint density at radius 2 is 1.74 bits per heavy atom. The van der Waals surface area contributed by atoms with Crippen LogP contribution in [0.3, 0.4) is 0 Å². The molecule has 1 aliphatic rings. The number of hydrogen-bond acceptors (Lipinski definition) is 3. The largest absolute Gasteiger partial charge is 0.293 e. The second-order valence-corrected chi connectivity index (χ2v) is 8.28. The smallest absolute Gasteiger partial charge is 0.222 e. The van der Waals surface area contributed by atoms with Gasteiger partial charge >= 0.3 is 0 Å². The number of Topliss-reactive ketones (excluding diaryl/α,β-unsaturated/α-hetero) is 1. The van der Waals surface area contributed by atoms with Crippen LogP contribution in [0.4, 0.5) is 4.39 Å². The summed E-state index contributed by atoms with van der Waals surface area (Å²) >= 11 is 0. The van der Waals surface area contributed by atoms with Crippen LogP contribution >= 0.6 is 0 Å². The number of sulfonamides is 1. The monoisotopic (exact) mass is 341 g/mol. The predicted molar refractivity (Wildman–Crippen MR) is 88.4 cm³/mol. The van der Waals surface area contributed by atoms with Gasteiger partial charge in [-0.2, -0.15) is 4.31 Å². The minimum absolute atomic E-state index is 0.0187. The van der Waals surface area contributed by atoms with E-state index in [0.717, 1.165) is 32.1 Å². The van der Waals surface area contributed by atoms with Crippen LogP contribution < -0.4 is 0 Å². The normalized spacial score (nSPS) is 16.9. The Labute approximate surface area is 137 Å². The molecule has 0 amide bonds. The van der Waals surface area contributed by atoms with Gasteiger partial charge in [-0.05, 0) is 51.0 Å². The molecule has 0 unspecified atom stereocenters. The Bertz CT molecular complexity index is 634. The van der Waals surface area contributed by atoms with Gasteiger partial charge in [-0.3, -0.25) is 4.79 Å². The molecule has 0 atom stereocenters. The average molecular weight is 341 g/mol. The van der Waals surface area contributed by atoms with Gasteiger partial charge in [-0.25, -0.2) is 12.8 Å². The lowest BCUT2D eigenvalue weighted by Gasteiger charge is -2.36. The predicted octanol–water partition coefficient (Wildman–Crippen LogP) is 3.38. The summed E-state index contributed by atoms with van der Waals surface area (Å²) in [5.74, 6) is -1.50. The number of carbonyl (C=O) groups is 1. The van der Waals surface area contributed by atoms with Crippen LogP contribution in [-0.2, 0) is 10.0 Å². The molecule has 0 heterocycles. The first-order chi connectivity index (χ1) is 10.8. The van der Waals surface area contributed by atoms with Crippen molar-refractivity contribution in [1.82, 2.24) is 4.31 Å². The number of halogens is 1. The van der Waals surface area contributed by atoms with Crippen molar-refractivity contribution < 1.29 is 17.6 Å². The average Bonchev–Trinajstić information content (AvgIpc) is 2.47. The molecule has 6 heteroatoms. The van der Waals surface area contributed by atoms with Gasteiger partial charge < -0.3 is 0 Å². The van der Waals surface area contributed by atoms with Gasteiger partial charge in [0.15, 0.2) is 5.78 Å². The molecule has 1 saturated carbocycles.